The maximum atomic E-state index is 6.05. The van der Waals surface area contributed by atoms with Crippen LogP contribution in [0.1, 0.15) is 214 Å². The lowest BCUT2D eigenvalue weighted by molar-refractivity contribution is -0.0299. The first kappa shape index (κ1) is 78.8. The van der Waals surface area contributed by atoms with Crippen molar-refractivity contribution >= 4 is 164 Å². The second-order valence-corrected chi connectivity index (χ2v) is 34.1. The number of H-pyrrole nitrogens is 2. The molecule has 0 bridgehead atoms. The van der Waals surface area contributed by atoms with Crippen molar-refractivity contribution < 1.29 is 9.47 Å². The van der Waals surface area contributed by atoms with Crippen LogP contribution in [-0.4, -0.2) is 136 Å². The van der Waals surface area contributed by atoms with Crippen molar-refractivity contribution in [2.45, 2.75) is 216 Å². The van der Waals surface area contributed by atoms with Crippen molar-refractivity contribution in [2.75, 3.05) is 56.2 Å². The number of imidazole rings is 4. The van der Waals surface area contributed by atoms with Gasteiger partial charge < -0.3 is 62.4 Å². The van der Waals surface area contributed by atoms with E-state index in [1.165, 1.54) is 147 Å². The third-order valence-corrected chi connectivity index (χ3v) is 24.1. The Morgan fingerprint density at radius 2 is 0.715 bits per heavy atom. The number of pyridine rings is 4. The molecule has 12 aromatic heterocycles. The minimum Gasteiger partial charge on any atom is -0.399 e. The largest absolute Gasteiger partial charge is 0.399 e. The van der Waals surface area contributed by atoms with Crippen LogP contribution >= 0.6 is 11.6 Å². The molecule has 11 N–H and O–H groups in total. The van der Waals surface area contributed by atoms with E-state index in [0.29, 0.717) is 71.1 Å². The first-order chi connectivity index (χ1) is 59.6. The van der Waals surface area contributed by atoms with Crippen LogP contribution in [0.3, 0.4) is 0 Å². The van der Waals surface area contributed by atoms with E-state index in [4.69, 9.17) is 36.8 Å². The molecule has 123 heavy (non-hydrogen) atoms. The molecule has 8 aliphatic carbocycles. The summed E-state index contributed by atoms with van der Waals surface area (Å²) in [6, 6.07) is 35.3. The van der Waals surface area contributed by atoms with Gasteiger partial charge in [-0.3, -0.25) is 29.1 Å². The molecular weight excluding hydrogens is 1560 g/mol. The zero-order chi connectivity index (χ0) is 80.4. The lowest BCUT2D eigenvalue weighted by Crippen LogP contribution is -2.18. The molecule has 30 nitrogen and oxygen atoms in total. The highest BCUT2D eigenvalue weighted by Gasteiger charge is 2.33. The summed E-state index contributed by atoms with van der Waals surface area (Å²) in [6.07, 6.45) is 40.7. The maximum Gasteiger partial charge on any atom is 0.231 e. The summed E-state index contributed by atoms with van der Waals surface area (Å²) in [5.74, 6) is 7.58. The second-order valence-electron chi connectivity index (χ2n) is 33.7. The van der Waals surface area contributed by atoms with Gasteiger partial charge in [0.1, 0.15) is 23.5 Å². The average molecular weight is 1670 g/mol. The molecule has 0 spiro atoms. The summed E-state index contributed by atoms with van der Waals surface area (Å²) < 4.78 is 15.9. The number of hydrogen-bond donors (Lipinski definition) is 10. The third-order valence-electron chi connectivity index (χ3n) is 24.0. The molecule has 0 radical (unpaired) electrons. The number of halogens is 1. The fourth-order valence-corrected chi connectivity index (χ4v) is 16.5. The van der Waals surface area contributed by atoms with E-state index in [9.17, 15) is 0 Å². The van der Waals surface area contributed by atoms with Gasteiger partial charge in [-0.05, 0) is 296 Å². The fourth-order valence-electron chi connectivity index (χ4n) is 16.4. The van der Waals surface area contributed by atoms with Gasteiger partial charge in [0.2, 0.25) is 23.1 Å². The normalized spacial score (nSPS) is 18.5. The summed E-state index contributed by atoms with van der Waals surface area (Å²) in [7, 11) is 0. The van der Waals surface area contributed by atoms with Gasteiger partial charge in [0.25, 0.3) is 0 Å². The average Bonchev–Trinajstić information content (AvgIpc) is 1.60. The SMILES string of the molecule is C.C.Clc1nc(NC2CC2)c2ncn(C3CCCCO3)c2n1.Nc1ccc2nccc(C3CC3)c2c1.c1cc(C2CC2)c2cc(Nc3nc(NC4CC4)c4[nH]cnc4n3)ccc2n1.c1cc(C2CC2)c2cc(Nc3nc(NC4CC4)c4[nH]cnc4n3)ccc2n1.c1cc(C2CC2)c2cc(Nc3nc(NC4CC4)c4ncn(C5CCCCO5)c4n3)ccc2n1. The molecule has 2 aliphatic heterocycles. The summed E-state index contributed by atoms with van der Waals surface area (Å²) >= 11 is 6.05. The summed E-state index contributed by atoms with van der Waals surface area (Å²) in [5.41, 5.74) is 25.4. The number of rotatable bonds is 20. The Bertz CT molecular complexity index is 6360. The Kier molecular flexibility index (Phi) is 21.8. The zero-order valence-electron chi connectivity index (χ0n) is 66.9. The van der Waals surface area contributed by atoms with Gasteiger partial charge in [-0.2, -0.15) is 39.9 Å². The van der Waals surface area contributed by atoms with Gasteiger partial charge >= 0.3 is 0 Å². The van der Waals surface area contributed by atoms with Gasteiger partial charge in [0, 0.05) is 106 Å². The van der Waals surface area contributed by atoms with Gasteiger partial charge in [-0.15, -0.1) is 0 Å². The lowest BCUT2D eigenvalue weighted by atomic mass is 10.0. The molecule has 0 amide bonds. The molecule has 14 heterocycles. The number of ether oxygens (including phenoxy) is 2. The Morgan fingerprint density at radius 1 is 0.358 bits per heavy atom. The van der Waals surface area contributed by atoms with Crippen LogP contribution in [0.2, 0.25) is 5.28 Å². The van der Waals surface area contributed by atoms with Gasteiger partial charge in [-0.1, -0.05) is 14.9 Å². The zero-order valence-corrected chi connectivity index (χ0v) is 67.7. The van der Waals surface area contributed by atoms with E-state index < -0.39 is 0 Å². The topological polar surface area (TPSA) is 376 Å². The fraction of sp³-hybridized carbons (Fsp3) is 0.391. The molecule has 10 aliphatic rings. The number of anilines is 11. The second kappa shape index (κ2) is 34.0. The van der Waals surface area contributed by atoms with Crippen molar-refractivity contribution in [3.05, 3.63) is 175 Å². The number of hydrogen-bond acceptors (Lipinski definition) is 26. The predicted octanol–water partition coefficient (Wildman–Crippen LogP) is 20.2. The predicted molar refractivity (Wildman–Crippen MR) is 486 cm³/mol. The van der Waals surface area contributed by atoms with Crippen molar-refractivity contribution in [1.82, 2.24) is 98.8 Å². The highest BCUT2D eigenvalue weighted by atomic mass is 35.5. The van der Waals surface area contributed by atoms with Crippen LogP contribution in [0.4, 0.5) is 63.9 Å². The lowest BCUT2D eigenvalue weighted by Gasteiger charge is -2.24. The minimum atomic E-state index is -0.0203. The van der Waals surface area contributed by atoms with Gasteiger partial charge in [-0.25, -0.2) is 19.9 Å². The van der Waals surface area contributed by atoms with Crippen molar-refractivity contribution in [1.29, 1.82) is 0 Å². The van der Waals surface area contributed by atoms with Crippen LogP contribution in [0.25, 0.3) is 88.3 Å². The molecule has 31 heteroatoms. The molecule has 8 saturated carbocycles. The molecule has 10 fully saturated rings. The van der Waals surface area contributed by atoms with Crippen molar-refractivity contribution in [3.8, 4) is 0 Å². The van der Waals surface area contributed by atoms with Gasteiger partial charge in [0.15, 0.2) is 56.9 Å². The number of nitrogen functional groups attached to an aromatic ring is 1. The first-order valence-electron chi connectivity index (χ1n) is 43.1. The molecule has 2 saturated heterocycles. The molecule has 4 aromatic carbocycles. The first-order valence-corrected chi connectivity index (χ1v) is 43.5. The Hall–Kier alpha value is -12.7. The van der Waals surface area contributed by atoms with Crippen LogP contribution < -0.4 is 43.0 Å². The molecule has 16 aromatic rings. The number of nitrogens with one attached hydrogen (secondary N) is 9. The summed E-state index contributed by atoms with van der Waals surface area (Å²) in [6.45, 7) is 1.57. The van der Waals surface area contributed by atoms with E-state index in [-0.39, 0.29) is 32.6 Å². The highest BCUT2D eigenvalue weighted by Crippen LogP contribution is 2.48. The maximum absolute atomic E-state index is 6.05. The number of nitrogens with two attached hydrogens (primary N) is 1. The molecule has 2 unspecified atom stereocenters. The highest BCUT2D eigenvalue weighted by molar-refractivity contribution is 6.28. The summed E-state index contributed by atoms with van der Waals surface area (Å²) in [5, 5.41) is 29.1. The monoisotopic (exact) mass is 1660 g/mol. The molecular formula is C92H101ClN28O2. The van der Waals surface area contributed by atoms with E-state index in [0.717, 1.165) is 159 Å². The Balaban J connectivity index is 0.0000000994. The number of aromatic nitrogens is 20. The third kappa shape index (κ3) is 17.9. The molecule has 26 rings (SSSR count). The van der Waals surface area contributed by atoms with E-state index in [2.05, 4.69) is 188 Å². The Labute approximate surface area is 715 Å². The molecule has 628 valence electrons. The standard InChI is InChI=1S/C25H27N7O.2C20H19N7.C13H16ClN5O.C12H12N2.2CH4/c1-2-12-33-21(3-1)32-14-27-22-23(28-16-6-7-16)30-25(31-24(22)32)29-17-8-9-20-19(13-17)18(10-11-26-20)15-4-5-15;2*1-2-11(1)14-7-8-21-16-6-5-13(9-15(14)16)25-20-26-18-17(22-10-23-18)19(27-20)24-12-3-4-12;14-13-17-11(16-8-4-5-8)10-12(18-13)19(7-15-10)9-3-1-2-6-20-9;13-9-3-4-12-11(7-9)10(5-6-14-12)8-1-2-8;;/h8-11,13-16,21H,1-7,12H2,(H2,28,29,30,31);2*5-12H,1-4H2,(H3,22,23,24,25,26,27);7-9H,1-6H2,(H,16,17,18);3-8H,1-2,13H2;2*1H4. The number of aromatic amines is 2. The van der Waals surface area contributed by atoms with E-state index in [1.54, 1.807) is 19.0 Å². The van der Waals surface area contributed by atoms with Crippen molar-refractivity contribution in [2.24, 2.45) is 0 Å². The van der Waals surface area contributed by atoms with Crippen LogP contribution in [0, 0.1) is 0 Å². The number of nitrogens with zero attached hydrogens (tertiary/aromatic N) is 18. The Morgan fingerprint density at radius 3 is 1.10 bits per heavy atom. The van der Waals surface area contributed by atoms with Crippen LogP contribution in [0.5, 0.6) is 0 Å². The van der Waals surface area contributed by atoms with E-state index in [1.807, 2.05) is 66.0 Å². The molecule has 2 atom stereocenters. The minimum absolute atomic E-state index is 0. The van der Waals surface area contributed by atoms with E-state index >= 15 is 0 Å². The van der Waals surface area contributed by atoms with Crippen LogP contribution in [-0.2, 0) is 9.47 Å². The number of benzene rings is 4. The van der Waals surface area contributed by atoms with Gasteiger partial charge in [0.05, 0.1) is 47.4 Å². The smallest absolute Gasteiger partial charge is 0.231 e. The van der Waals surface area contributed by atoms with Crippen LogP contribution in [0.15, 0.2) is 147 Å². The van der Waals surface area contributed by atoms with Crippen molar-refractivity contribution in [3.63, 3.8) is 0 Å². The quantitative estimate of drug-likeness (QED) is 0.0250. The summed E-state index contributed by atoms with van der Waals surface area (Å²) in [4.78, 5) is 78.7. The number of fused-ring (bicyclic) bond motifs is 8.